The Hall–Kier alpha value is -3.82. The summed E-state index contributed by atoms with van der Waals surface area (Å²) in [5, 5.41) is 5.07. The number of rotatable bonds is 10. The Bertz CT molecular complexity index is 1540. The van der Waals surface area contributed by atoms with Gasteiger partial charge in [0.15, 0.2) is 11.5 Å². The molecule has 1 saturated carbocycles. The lowest BCUT2D eigenvalue weighted by atomic mass is 10.1. The van der Waals surface area contributed by atoms with Crippen molar-refractivity contribution in [1.82, 2.24) is 14.2 Å². The van der Waals surface area contributed by atoms with Crippen LogP contribution in [0.1, 0.15) is 26.7 Å². The smallest absolute Gasteiger partial charge is 0.323 e. The molecule has 1 fully saturated rings. The van der Waals surface area contributed by atoms with E-state index in [1.54, 1.807) is 47.1 Å². The molecular formula is C29H31ClN4O5. The highest BCUT2D eigenvalue weighted by Crippen LogP contribution is 2.36. The summed E-state index contributed by atoms with van der Waals surface area (Å²) in [5.41, 5.74) is 8.51. The Balaban J connectivity index is 1.36. The van der Waals surface area contributed by atoms with Gasteiger partial charge in [0.1, 0.15) is 30.6 Å². The van der Waals surface area contributed by atoms with Crippen molar-refractivity contribution in [2.45, 2.75) is 38.8 Å². The zero-order chi connectivity index (χ0) is 27.7. The third-order valence-corrected chi connectivity index (χ3v) is 7.19. The Kier molecular flexibility index (Phi) is 7.63. The number of carbonyl (C=O) groups excluding carboxylic acids is 1. The SMILES string of the molecule is COc1cc(-n2cnn3cc(-c4ccc(Cl)cc4)cc3c2=O)ccc1OCC(OC(=O)C(N)C(C)C)C1CC1. The van der Waals surface area contributed by atoms with Crippen molar-refractivity contribution in [2.75, 3.05) is 13.7 Å². The summed E-state index contributed by atoms with van der Waals surface area (Å²) < 4.78 is 20.3. The maximum absolute atomic E-state index is 13.4. The molecule has 2 N–H and O–H groups in total. The van der Waals surface area contributed by atoms with Gasteiger partial charge in [0, 0.05) is 22.8 Å². The van der Waals surface area contributed by atoms with E-state index in [0.29, 0.717) is 27.7 Å². The fraction of sp³-hybridized carbons (Fsp3) is 0.345. The van der Waals surface area contributed by atoms with E-state index in [4.69, 9.17) is 31.5 Å². The summed E-state index contributed by atoms with van der Waals surface area (Å²) in [4.78, 5) is 25.8. The molecule has 0 aliphatic heterocycles. The molecule has 1 aliphatic carbocycles. The fourth-order valence-electron chi connectivity index (χ4n) is 4.31. The highest BCUT2D eigenvalue weighted by atomic mass is 35.5. The Labute approximate surface area is 231 Å². The Morgan fingerprint density at radius 3 is 2.51 bits per heavy atom. The lowest BCUT2D eigenvalue weighted by Gasteiger charge is -2.22. The first kappa shape index (κ1) is 26.8. The molecule has 39 heavy (non-hydrogen) atoms. The normalized spacial score (nSPS) is 14.8. The van der Waals surface area contributed by atoms with Gasteiger partial charge in [-0.15, -0.1) is 0 Å². The summed E-state index contributed by atoms with van der Waals surface area (Å²) in [6.07, 6.45) is 4.85. The Morgan fingerprint density at radius 2 is 1.85 bits per heavy atom. The van der Waals surface area contributed by atoms with Crippen LogP contribution in [-0.2, 0) is 9.53 Å². The van der Waals surface area contributed by atoms with Gasteiger partial charge >= 0.3 is 5.97 Å². The number of nitrogens with zero attached hydrogens (tertiary/aromatic N) is 3. The van der Waals surface area contributed by atoms with E-state index in [2.05, 4.69) is 5.10 Å². The van der Waals surface area contributed by atoms with Gasteiger partial charge in [-0.2, -0.15) is 5.10 Å². The summed E-state index contributed by atoms with van der Waals surface area (Å²) >= 11 is 6.01. The molecule has 4 aromatic rings. The minimum atomic E-state index is -0.674. The molecule has 2 atom stereocenters. The van der Waals surface area contributed by atoms with Crippen molar-refractivity contribution in [1.29, 1.82) is 0 Å². The number of fused-ring (bicyclic) bond motifs is 1. The molecule has 1 aliphatic rings. The second-order valence-electron chi connectivity index (χ2n) is 10.1. The number of nitrogens with two attached hydrogens (primary N) is 1. The van der Waals surface area contributed by atoms with Gasteiger partial charge in [-0.3, -0.25) is 14.2 Å². The molecule has 10 heteroatoms. The number of benzene rings is 2. The van der Waals surface area contributed by atoms with Crippen LogP contribution in [0.5, 0.6) is 11.5 Å². The first-order chi connectivity index (χ1) is 18.7. The summed E-state index contributed by atoms with van der Waals surface area (Å²) in [6.45, 7) is 3.95. The second-order valence-corrected chi connectivity index (χ2v) is 10.5. The van der Waals surface area contributed by atoms with Crippen LogP contribution in [0.4, 0.5) is 0 Å². The van der Waals surface area contributed by atoms with E-state index >= 15 is 0 Å². The average Bonchev–Trinajstić information content (AvgIpc) is 3.69. The summed E-state index contributed by atoms with van der Waals surface area (Å²) in [5.74, 6) is 0.746. The lowest BCUT2D eigenvalue weighted by molar-refractivity contribution is -0.154. The van der Waals surface area contributed by atoms with Gasteiger partial charge in [-0.25, -0.2) is 4.52 Å². The first-order valence-corrected chi connectivity index (χ1v) is 13.3. The second kappa shape index (κ2) is 11.1. The largest absolute Gasteiger partial charge is 0.493 e. The number of esters is 1. The standard InChI is InChI=1S/C29H31ClN4O5/c1-17(2)27(31)29(36)39-26(19-4-5-19)15-38-24-11-10-22(13-25(24)37-3)33-16-32-34-14-20(12-23(34)28(33)35)18-6-8-21(30)9-7-18/h6-14,16-17,19,26-27H,4-5,15,31H2,1-3H3. The number of aromatic nitrogens is 3. The quantitative estimate of drug-likeness (QED) is 0.289. The molecule has 0 bridgehead atoms. The van der Waals surface area contributed by atoms with Crippen molar-refractivity contribution in [3.05, 3.63) is 76.4 Å². The van der Waals surface area contributed by atoms with E-state index in [0.717, 1.165) is 24.0 Å². The molecule has 2 aromatic heterocycles. The van der Waals surface area contributed by atoms with Crippen LogP contribution in [0.2, 0.25) is 5.02 Å². The first-order valence-electron chi connectivity index (χ1n) is 12.9. The van der Waals surface area contributed by atoms with Crippen molar-refractivity contribution in [2.24, 2.45) is 17.6 Å². The van der Waals surface area contributed by atoms with E-state index in [9.17, 15) is 9.59 Å². The van der Waals surface area contributed by atoms with Crippen LogP contribution in [0.15, 0.2) is 65.8 Å². The predicted molar refractivity (Wildman–Crippen MR) is 149 cm³/mol. The maximum atomic E-state index is 13.4. The van der Waals surface area contributed by atoms with Gasteiger partial charge in [0.2, 0.25) is 0 Å². The number of ether oxygens (including phenoxy) is 3. The van der Waals surface area contributed by atoms with Gasteiger partial charge in [0.25, 0.3) is 5.56 Å². The highest BCUT2D eigenvalue weighted by Gasteiger charge is 2.36. The van der Waals surface area contributed by atoms with Crippen LogP contribution in [0, 0.1) is 11.8 Å². The van der Waals surface area contributed by atoms with E-state index in [1.807, 2.05) is 26.0 Å². The minimum absolute atomic E-state index is 0.0150. The molecule has 204 valence electrons. The van der Waals surface area contributed by atoms with Crippen molar-refractivity contribution in [3.63, 3.8) is 0 Å². The molecule has 5 rings (SSSR count). The molecule has 0 saturated heterocycles. The highest BCUT2D eigenvalue weighted by molar-refractivity contribution is 6.30. The maximum Gasteiger partial charge on any atom is 0.323 e. The topological polar surface area (TPSA) is 110 Å². The van der Waals surface area contributed by atoms with Crippen LogP contribution in [-0.4, -0.2) is 46.0 Å². The average molecular weight is 551 g/mol. The van der Waals surface area contributed by atoms with Gasteiger partial charge in [-0.1, -0.05) is 37.6 Å². The zero-order valence-corrected chi connectivity index (χ0v) is 22.8. The van der Waals surface area contributed by atoms with Crippen LogP contribution >= 0.6 is 11.6 Å². The van der Waals surface area contributed by atoms with Gasteiger partial charge in [0.05, 0.1) is 12.8 Å². The molecule has 2 unspecified atom stereocenters. The number of carbonyl (C=O) groups is 1. The Morgan fingerprint density at radius 1 is 1.10 bits per heavy atom. The number of hydrogen-bond acceptors (Lipinski definition) is 7. The number of hydrogen-bond donors (Lipinski definition) is 1. The molecule has 9 nitrogen and oxygen atoms in total. The van der Waals surface area contributed by atoms with Crippen LogP contribution < -0.4 is 20.8 Å². The van der Waals surface area contributed by atoms with Crippen molar-refractivity contribution in [3.8, 4) is 28.3 Å². The van der Waals surface area contributed by atoms with E-state index in [1.165, 1.54) is 18.0 Å². The third kappa shape index (κ3) is 5.79. The molecule has 2 aromatic carbocycles. The van der Waals surface area contributed by atoms with E-state index < -0.39 is 12.0 Å². The fourth-order valence-corrected chi connectivity index (χ4v) is 4.43. The van der Waals surface area contributed by atoms with Gasteiger partial charge in [-0.05, 0) is 60.6 Å². The van der Waals surface area contributed by atoms with Crippen molar-refractivity contribution >= 4 is 23.1 Å². The van der Waals surface area contributed by atoms with E-state index in [-0.39, 0.29) is 30.1 Å². The van der Waals surface area contributed by atoms with Crippen molar-refractivity contribution < 1.29 is 19.0 Å². The minimum Gasteiger partial charge on any atom is -0.493 e. The third-order valence-electron chi connectivity index (χ3n) is 6.94. The summed E-state index contributed by atoms with van der Waals surface area (Å²) in [6, 6.07) is 13.7. The molecule has 2 heterocycles. The molecule has 0 radical (unpaired) electrons. The molecular weight excluding hydrogens is 520 g/mol. The van der Waals surface area contributed by atoms with Crippen LogP contribution in [0.25, 0.3) is 22.3 Å². The number of halogens is 1. The van der Waals surface area contributed by atoms with Crippen LogP contribution in [0.3, 0.4) is 0 Å². The molecule has 0 spiro atoms. The zero-order valence-electron chi connectivity index (χ0n) is 22.0. The molecule has 0 amide bonds. The monoisotopic (exact) mass is 550 g/mol. The van der Waals surface area contributed by atoms with Gasteiger partial charge < -0.3 is 19.9 Å². The number of methoxy groups -OCH3 is 1. The predicted octanol–water partition coefficient (Wildman–Crippen LogP) is 4.50. The summed E-state index contributed by atoms with van der Waals surface area (Å²) in [7, 11) is 1.53. The lowest BCUT2D eigenvalue weighted by Crippen LogP contribution is -2.40.